The van der Waals surface area contributed by atoms with Gasteiger partial charge in [0.15, 0.2) is 0 Å². The third-order valence-electron chi connectivity index (χ3n) is 5.83. The second-order valence-corrected chi connectivity index (χ2v) is 9.45. The molecule has 1 aromatic carbocycles. The lowest BCUT2D eigenvalue weighted by Crippen LogP contribution is -2.47. The molecule has 1 amide bonds. The van der Waals surface area contributed by atoms with E-state index in [4.69, 9.17) is 4.74 Å². The second kappa shape index (κ2) is 11.7. The minimum Gasteiger partial charge on any atom is -0.491 e. The van der Waals surface area contributed by atoms with Crippen LogP contribution in [0.25, 0.3) is 0 Å². The average molecular weight is 445 g/mol. The van der Waals surface area contributed by atoms with Gasteiger partial charge < -0.3 is 14.7 Å². The topological polar surface area (TPSA) is 53.0 Å². The van der Waals surface area contributed by atoms with E-state index < -0.39 is 0 Å². The normalized spacial score (nSPS) is 16.9. The van der Waals surface area contributed by atoms with Crippen molar-refractivity contribution in [3.8, 4) is 5.75 Å². The highest BCUT2D eigenvalue weighted by molar-refractivity contribution is 7.10. The van der Waals surface area contributed by atoms with E-state index in [1.807, 2.05) is 29.2 Å². The quantitative estimate of drug-likeness (QED) is 0.557. The molecule has 1 aromatic heterocycles. The van der Waals surface area contributed by atoms with Crippen LogP contribution in [0.5, 0.6) is 5.75 Å². The average Bonchev–Trinajstić information content (AvgIpc) is 3.22. The number of aryl methyl sites for hydroxylation is 1. The van der Waals surface area contributed by atoms with Gasteiger partial charge in [-0.3, -0.25) is 9.69 Å². The van der Waals surface area contributed by atoms with Gasteiger partial charge in [0.1, 0.15) is 12.4 Å². The zero-order valence-electron chi connectivity index (χ0n) is 19.0. The Morgan fingerprint density at radius 1 is 1.26 bits per heavy atom. The van der Waals surface area contributed by atoms with Crippen molar-refractivity contribution in [1.82, 2.24) is 9.80 Å². The van der Waals surface area contributed by atoms with Crippen LogP contribution in [0.15, 0.2) is 35.7 Å². The first kappa shape index (κ1) is 23.8. The molecule has 1 aliphatic heterocycles. The summed E-state index contributed by atoms with van der Waals surface area (Å²) >= 11 is 1.77. The van der Waals surface area contributed by atoms with Gasteiger partial charge in [-0.1, -0.05) is 38.0 Å². The molecule has 0 saturated carbocycles. The van der Waals surface area contributed by atoms with Gasteiger partial charge in [-0.2, -0.15) is 0 Å². The molecule has 1 aliphatic rings. The highest BCUT2D eigenvalue weighted by atomic mass is 32.1. The molecule has 0 fully saturated rings. The van der Waals surface area contributed by atoms with Crippen molar-refractivity contribution < 1.29 is 14.6 Å². The number of hydrogen-bond donors (Lipinski definition) is 1. The fourth-order valence-corrected chi connectivity index (χ4v) is 5.17. The van der Waals surface area contributed by atoms with Crippen LogP contribution >= 0.6 is 11.3 Å². The molecule has 0 aliphatic carbocycles. The summed E-state index contributed by atoms with van der Waals surface area (Å²) < 4.78 is 6.11. The second-order valence-electron chi connectivity index (χ2n) is 8.45. The first-order valence-corrected chi connectivity index (χ1v) is 12.3. The molecular weight excluding hydrogens is 408 g/mol. The molecular formula is C25H36N2O3S. The molecule has 170 valence electrons. The van der Waals surface area contributed by atoms with Crippen molar-refractivity contribution in [3.05, 3.63) is 51.7 Å². The Morgan fingerprint density at radius 2 is 2.03 bits per heavy atom. The first-order chi connectivity index (χ1) is 15.0. The predicted molar refractivity (Wildman–Crippen MR) is 127 cm³/mol. The summed E-state index contributed by atoms with van der Waals surface area (Å²) in [6.07, 6.45) is 3.19. The van der Waals surface area contributed by atoms with Crippen molar-refractivity contribution in [2.24, 2.45) is 0 Å². The van der Waals surface area contributed by atoms with Crippen molar-refractivity contribution in [3.63, 3.8) is 0 Å². The SMILES string of the molecule is CCCC(O)CN(CCC)CC(=O)N1CCc2sccc2C1COc1ccc(C)cc1. The van der Waals surface area contributed by atoms with Gasteiger partial charge in [0.05, 0.1) is 18.7 Å². The monoisotopic (exact) mass is 444 g/mol. The fourth-order valence-electron chi connectivity index (χ4n) is 4.24. The maximum atomic E-state index is 13.4. The van der Waals surface area contributed by atoms with E-state index >= 15 is 0 Å². The lowest BCUT2D eigenvalue weighted by molar-refractivity contribution is -0.136. The number of nitrogens with zero attached hydrogens (tertiary/aromatic N) is 2. The molecule has 2 aromatic rings. The van der Waals surface area contributed by atoms with E-state index in [9.17, 15) is 9.90 Å². The highest BCUT2D eigenvalue weighted by Crippen LogP contribution is 2.34. The van der Waals surface area contributed by atoms with E-state index in [2.05, 4.69) is 37.1 Å². The Hall–Kier alpha value is -1.89. The van der Waals surface area contributed by atoms with E-state index in [-0.39, 0.29) is 18.1 Å². The fraction of sp³-hybridized carbons (Fsp3) is 0.560. The Kier molecular flexibility index (Phi) is 8.93. The summed E-state index contributed by atoms with van der Waals surface area (Å²) in [7, 11) is 0. The largest absolute Gasteiger partial charge is 0.491 e. The van der Waals surface area contributed by atoms with Crippen LogP contribution < -0.4 is 4.74 Å². The standard InChI is InChI=1S/C25H36N2O3S/c1-4-6-20(28)16-26(13-5-2)17-25(29)27-14-11-24-22(12-15-31-24)23(27)18-30-21-9-7-19(3)8-10-21/h7-10,12,15,20,23,28H,4-6,11,13-14,16-18H2,1-3H3. The van der Waals surface area contributed by atoms with Crippen molar-refractivity contribution >= 4 is 17.2 Å². The van der Waals surface area contributed by atoms with Gasteiger partial charge in [0.2, 0.25) is 5.91 Å². The molecule has 1 N–H and O–H groups in total. The summed E-state index contributed by atoms with van der Waals surface area (Å²) in [6, 6.07) is 10.1. The van der Waals surface area contributed by atoms with Crippen molar-refractivity contribution in [2.45, 2.75) is 58.6 Å². The number of rotatable bonds is 11. The van der Waals surface area contributed by atoms with Gasteiger partial charge in [-0.05, 0) is 61.9 Å². The van der Waals surface area contributed by atoms with Gasteiger partial charge in [0.25, 0.3) is 0 Å². The van der Waals surface area contributed by atoms with E-state index in [1.165, 1.54) is 16.0 Å². The molecule has 0 spiro atoms. The van der Waals surface area contributed by atoms with Gasteiger partial charge in [-0.15, -0.1) is 11.3 Å². The van der Waals surface area contributed by atoms with Gasteiger partial charge in [0, 0.05) is 18.0 Å². The molecule has 6 heteroatoms. The maximum absolute atomic E-state index is 13.4. The summed E-state index contributed by atoms with van der Waals surface area (Å²) in [5.41, 5.74) is 2.41. The van der Waals surface area contributed by atoms with Crippen LogP contribution in [0.2, 0.25) is 0 Å². The zero-order valence-corrected chi connectivity index (χ0v) is 19.9. The molecule has 3 rings (SSSR count). The maximum Gasteiger partial charge on any atom is 0.237 e. The van der Waals surface area contributed by atoms with Gasteiger partial charge >= 0.3 is 0 Å². The van der Waals surface area contributed by atoms with Crippen LogP contribution in [-0.2, 0) is 11.2 Å². The Balaban J connectivity index is 1.70. The Bertz CT molecular complexity index is 820. The third-order valence-corrected chi connectivity index (χ3v) is 6.83. The number of benzene rings is 1. The first-order valence-electron chi connectivity index (χ1n) is 11.5. The lowest BCUT2D eigenvalue weighted by atomic mass is 10.0. The number of amides is 1. The van der Waals surface area contributed by atoms with Crippen LogP contribution in [0.3, 0.4) is 0 Å². The number of hydrogen-bond acceptors (Lipinski definition) is 5. The summed E-state index contributed by atoms with van der Waals surface area (Å²) in [6.45, 7) is 9.11. The summed E-state index contributed by atoms with van der Waals surface area (Å²) in [5.74, 6) is 0.946. The van der Waals surface area contributed by atoms with Crippen LogP contribution in [0.4, 0.5) is 0 Å². The highest BCUT2D eigenvalue weighted by Gasteiger charge is 2.33. The van der Waals surface area contributed by atoms with E-state index in [0.717, 1.165) is 38.0 Å². The van der Waals surface area contributed by atoms with E-state index in [0.29, 0.717) is 26.2 Å². The molecule has 5 nitrogen and oxygen atoms in total. The molecule has 31 heavy (non-hydrogen) atoms. The minimum absolute atomic E-state index is 0.0761. The van der Waals surface area contributed by atoms with Crippen molar-refractivity contribution in [1.29, 1.82) is 0 Å². The van der Waals surface area contributed by atoms with Crippen LogP contribution in [-0.4, -0.2) is 59.7 Å². The van der Waals surface area contributed by atoms with E-state index in [1.54, 1.807) is 11.3 Å². The van der Waals surface area contributed by atoms with Gasteiger partial charge in [-0.25, -0.2) is 0 Å². The van der Waals surface area contributed by atoms with Crippen LogP contribution in [0, 0.1) is 6.92 Å². The van der Waals surface area contributed by atoms with Crippen molar-refractivity contribution in [2.75, 3.05) is 32.8 Å². The molecule has 0 saturated heterocycles. The Morgan fingerprint density at radius 3 is 2.74 bits per heavy atom. The number of carbonyl (C=O) groups excluding carboxylic acids is 1. The molecule has 0 radical (unpaired) electrons. The minimum atomic E-state index is -0.380. The number of ether oxygens (including phenoxy) is 1. The molecule has 2 heterocycles. The number of aliphatic hydroxyl groups excluding tert-OH is 1. The number of aliphatic hydroxyl groups is 1. The Labute approximate surface area is 190 Å². The summed E-state index contributed by atoms with van der Waals surface area (Å²) in [5, 5.41) is 12.4. The number of carbonyl (C=O) groups is 1. The molecule has 0 bridgehead atoms. The lowest BCUT2D eigenvalue weighted by Gasteiger charge is -2.37. The molecule has 2 unspecified atom stereocenters. The predicted octanol–water partition coefficient (Wildman–Crippen LogP) is 4.43. The number of thiophene rings is 1. The number of fused-ring (bicyclic) bond motifs is 1. The third kappa shape index (κ3) is 6.55. The van der Waals surface area contributed by atoms with Crippen LogP contribution in [0.1, 0.15) is 55.2 Å². The smallest absolute Gasteiger partial charge is 0.237 e. The summed E-state index contributed by atoms with van der Waals surface area (Å²) in [4.78, 5) is 18.8. The molecule has 2 atom stereocenters. The zero-order chi connectivity index (χ0) is 22.2.